The first-order chi connectivity index (χ1) is 11.9. The molecule has 5 nitrogen and oxygen atoms in total. The Labute approximate surface area is 151 Å². The molecular formula is C19H20ClNO4. The number of carbonyl (C=O) groups is 2. The zero-order valence-electron chi connectivity index (χ0n) is 14.3. The van der Waals surface area contributed by atoms with Gasteiger partial charge in [0.05, 0.1) is 17.9 Å². The number of benzene rings is 2. The number of aryl methyl sites for hydroxylation is 1. The van der Waals surface area contributed by atoms with E-state index in [1.165, 1.54) is 0 Å². The van der Waals surface area contributed by atoms with E-state index in [1.54, 1.807) is 56.3 Å². The first-order valence-electron chi connectivity index (χ1n) is 7.92. The number of anilines is 1. The largest absolute Gasteiger partial charge is 0.481 e. The monoisotopic (exact) mass is 361 g/mol. The smallest absolute Gasteiger partial charge is 0.340 e. The molecule has 0 radical (unpaired) electrons. The Balaban J connectivity index is 2.08. The van der Waals surface area contributed by atoms with Gasteiger partial charge in [-0.05, 0) is 56.7 Å². The predicted octanol–water partition coefficient (Wildman–Crippen LogP) is 4.23. The summed E-state index contributed by atoms with van der Waals surface area (Å²) in [5.41, 5.74) is 1.54. The van der Waals surface area contributed by atoms with Crippen molar-refractivity contribution in [2.24, 2.45) is 0 Å². The van der Waals surface area contributed by atoms with Crippen molar-refractivity contribution in [2.75, 3.05) is 11.9 Å². The third-order valence-corrected chi connectivity index (χ3v) is 3.92. The molecule has 0 heterocycles. The number of ether oxygens (including phenoxy) is 2. The van der Waals surface area contributed by atoms with E-state index in [0.717, 1.165) is 5.56 Å². The standard InChI is InChI=1S/C19H20ClNO4/c1-4-24-19(23)15-7-5-6-8-17(15)21-18(22)13(3)25-14-9-10-16(20)12(2)11-14/h5-11,13H,4H2,1-3H3,(H,21,22)/t13-/m0/s1. The molecule has 132 valence electrons. The summed E-state index contributed by atoms with van der Waals surface area (Å²) in [5.74, 6) is -0.312. The molecule has 0 spiro atoms. The summed E-state index contributed by atoms with van der Waals surface area (Å²) < 4.78 is 10.6. The molecule has 6 heteroatoms. The van der Waals surface area contributed by atoms with Gasteiger partial charge in [0.25, 0.3) is 5.91 Å². The van der Waals surface area contributed by atoms with Gasteiger partial charge in [-0.3, -0.25) is 4.79 Å². The summed E-state index contributed by atoms with van der Waals surface area (Å²) in [6, 6.07) is 11.9. The minimum absolute atomic E-state index is 0.260. The van der Waals surface area contributed by atoms with Crippen LogP contribution in [0.25, 0.3) is 0 Å². The Morgan fingerprint density at radius 1 is 1.20 bits per heavy atom. The molecule has 0 fully saturated rings. The summed E-state index contributed by atoms with van der Waals surface area (Å²) in [6.45, 7) is 5.47. The number of rotatable bonds is 6. The first-order valence-corrected chi connectivity index (χ1v) is 8.30. The van der Waals surface area contributed by atoms with Gasteiger partial charge < -0.3 is 14.8 Å². The van der Waals surface area contributed by atoms with Crippen molar-refractivity contribution in [3.63, 3.8) is 0 Å². The SMILES string of the molecule is CCOC(=O)c1ccccc1NC(=O)[C@H](C)Oc1ccc(Cl)c(C)c1. The lowest BCUT2D eigenvalue weighted by atomic mass is 10.1. The second-order valence-corrected chi connectivity index (χ2v) is 5.83. The molecule has 0 bridgehead atoms. The van der Waals surface area contributed by atoms with Crippen LogP contribution < -0.4 is 10.1 Å². The average molecular weight is 362 g/mol. The predicted molar refractivity (Wildman–Crippen MR) is 97.3 cm³/mol. The van der Waals surface area contributed by atoms with Crippen LogP contribution in [-0.2, 0) is 9.53 Å². The zero-order valence-corrected chi connectivity index (χ0v) is 15.1. The normalized spacial score (nSPS) is 11.5. The first kappa shape index (κ1) is 18.8. The van der Waals surface area contributed by atoms with E-state index in [9.17, 15) is 9.59 Å². The second kappa shape index (κ2) is 8.53. The van der Waals surface area contributed by atoms with Crippen molar-refractivity contribution >= 4 is 29.2 Å². The van der Waals surface area contributed by atoms with E-state index in [0.29, 0.717) is 22.0 Å². The maximum atomic E-state index is 12.4. The number of hydrogen-bond donors (Lipinski definition) is 1. The van der Waals surface area contributed by atoms with Crippen LogP contribution in [0, 0.1) is 6.92 Å². The number of amides is 1. The molecule has 2 rings (SSSR count). The van der Waals surface area contributed by atoms with E-state index in [4.69, 9.17) is 21.1 Å². The number of halogens is 1. The Hall–Kier alpha value is -2.53. The molecule has 0 aliphatic heterocycles. The van der Waals surface area contributed by atoms with Crippen LogP contribution in [0.1, 0.15) is 29.8 Å². The average Bonchev–Trinajstić information content (AvgIpc) is 2.58. The number of carbonyl (C=O) groups excluding carboxylic acids is 2. The van der Waals surface area contributed by atoms with Gasteiger partial charge in [-0.1, -0.05) is 23.7 Å². The topological polar surface area (TPSA) is 64.6 Å². The van der Waals surface area contributed by atoms with Crippen LogP contribution in [0.5, 0.6) is 5.75 Å². The maximum absolute atomic E-state index is 12.4. The molecule has 0 aromatic heterocycles. The highest BCUT2D eigenvalue weighted by Crippen LogP contribution is 2.22. The zero-order chi connectivity index (χ0) is 18.4. The molecule has 2 aromatic rings. The quantitative estimate of drug-likeness (QED) is 0.782. The number of nitrogens with one attached hydrogen (secondary N) is 1. The summed E-state index contributed by atoms with van der Waals surface area (Å²) in [4.78, 5) is 24.3. The lowest BCUT2D eigenvalue weighted by Crippen LogP contribution is -2.30. The highest BCUT2D eigenvalue weighted by molar-refractivity contribution is 6.31. The molecular weight excluding hydrogens is 342 g/mol. The molecule has 0 unspecified atom stereocenters. The minimum atomic E-state index is -0.754. The fraction of sp³-hybridized carbons (Fsp3) is 0.263. The molecule has 0 aliphatic rings. The summed E-state index contributed by atoms with van der Waals surface area (Å²) >= 11 is 5.98. The summed E-state index contributed by atoms with van der Waals surface area (Å²) in [6.07, 6.45) is -0.754. The second-order valence-electron chi connectivity index (χ2n) is 5.43. The molecule has 0 aliphatic carbocycles. The van der Waals surface area contributed by atoms with E-state index in [-0.39, 0.29) is 12.5 Å². The van der Waals surface area contributed by atoms with Gasteiger partial charge in [-0.15, -0.1) is 0 Å². The van der Waals surface area contributed by atoms with Crippen LogP contribution >= 0.6 is 11.6 Å². The molecule has 0 saturated heterocycles. The van der Waals surface area contributed by atoms with E-state index in [2.05, 4.69) is 5.32 Å². The van der Waals surface area contributed by atoms with Crippen LogP contribution in [0.4, 0.5) is 5.69 Å². The molecule has 1 amide bonds. The highest BCUT2D eigenvalue weighted by Gasteiger charge is 2.19. The van der Waals surface area contributed by atoms with E-state index in [1.807, 2.05) is 6.92 Å². The van der Waals surface area contributed by atoms with Gasteiger partial charge in [-0.2, -0.15) is 0 Å². The number of esters is 1. The van der Waals surface area contributed by atoms with Crippen molar-refractivity contribution in [1.29, 1.82) is 0 Å². The Morgan fingerprint density at radius 2 is 1.92 bits per heavy atom. The fourth-order valence-corrected chi connectivity index (χ4v) is 2.28. The van der Waals surface area contributed by atoms with Gasteiger partial charge >= 0.3 is 5.97 Å². The lowest BCUT2D eigenvalue weighted by Gasteiger charge is -2.16. The van der Waals surface area contributed by atoms with Crippen molar-refractivity contribution < 1.29 is 19.1 Å². The molecule has 0 saturated carbocycles. The molecule has 1 N–H and O–H groups in total. The highest BCUT2D eigenvalue weighted by atomic mass is 35.5. The van der Waals surface area contributed by atoms with Gasteiger partial charge in [0.2, 0.25) is 0 Å². The number of hydrogen-bond acceptors (Lipinski definition) is 4. The third-order valence-electron chi connectivity index (χ3n) is 3.49. The lowest BCUT2D eigenvalue weighted by molar-refractivity contribution is -0.122. The van der Waals surface area contributed by atoms with Gasteiger partial charge in [0, 0.05) is 5.02 Å². The van der Waals surface area contributed by atoms with Gasteiger partial charge in [0.1, 0.15) is 5.75 Å². The molecule has 1 atom stereocenters. The van der Waals surface area contributed by atoms with Crippen molar-refractivity contribution in [3.8, 4) is 5.75 Å². The van der Waals surface area contributed by atoms with Crippen molar-refractivity contribution in [2.45, 2.75) is 26.9 Å². The van der Waals surface area contributed by atoms with E-state index < -0.39 is 12.1 Å². The fourth-order valence-electron chi connectivity index (χ4n) is 2.16. The summed E-state index contributed by atoms with van der Waals surface area (Å²) in [7, 11) is 0. The van der Waals surface area contributed by atoms with Crippen molar-refractivity contribution in [3.05, 3.63) is 58.6 Å². The van der Waals surface area contributed by atoms with Crippen LogP contribution in [0.2, 0.25) is 5.02 Å². The van der Waals surface area contributed by atoms with Gasteiger partial charge in [0.15, 0.2) is 6.10 Å². The van der Waals surface area contributed by atoms with Crippen LogP contribution in [-0.4, -0.2) is 24.6 Å². The van der Waals surface area contributed by atoms with Crippen LogP contribution in [0.15, 0.2) is 42.5 Å². The van der Waals surface area contributed by atoms with Gasteiger partial charge in [-0.25, -0.2) is 4.79 Å². The Kier molecular flexibility index (Phi) is 6.42. The Morgan fingerprint density at radius 3 is 2.60 bits per heavy atom. The van der Waals surface area contributed by atoms with E-state index >= 15 is 0 Å². The van der Waals surface area contributed by atoms with Crippen LogP contribution in [0.3, 0.4) is 0 Å². The maximum Gasteiger partial charge on any atom is 0.340 e. The number of para-hydroxylation sites is 1. The molecule has 25 heavy (non-hydrogen) atoms. The Bertz CT molecular complexity index is 776. The minimum Gasteiger partial charge on any atom is -0.481 e. The third kappa shape index (κ3) is 4.97. The van der Waals surface area contributed by atoms with Crippen molar-refractivity contribution in [1.82, 2.24) is 0 Å². The molecule has 2 aromatic carbocycles. The summed E-state index contributed by atoms with van der Waals surface area (Å²) in [5, 5.41) is 3.34.